The van der Waals surface area contributed by atoms with E-state index < -0.39 is 0 Å². The summed E-state index contributed by atoms with van der Waals surface area (Å²) in [6.07, 6.45) is 3.35. The van der Waals surface area contributed by atoms with Gasteiger partial charge in [-0.05, 0) is 47.6 Å². The molecule has 104 valence electrons. The van der Waals surface area contributed by atoms with Crippen LogP contribution in [0.2, 0.25) is 0 Å². The summed E-state index contributed by atoms with van der Waals surface area (Å²) in [4.78, 5) is 12.2. The number of nitrogens with one attached hydrogen (secondary N) is 1. The largest absolute Gasteiger partial charge is 0.351 e. The first kappa shape index (κ1) is 13.4. The van der Waals surface area contributed by atoms with E-state index in [1.165, 1.54) is 12.8 Å². The molecule has 1 saturated carbocycles. The van der Waals surface area contributed by atoms with Crippen molar-refractivity contribution in [3.8, 4) is 0 Å². The molecule has 0 atom stereocenters. The number of alkyl halides is 1. The van der Waals surface area contributed by atoms with Crippen LogP contribution < -0.4 is 5.32 Å². The third kappa shape index (κ3) is 2.80. The minimum atomic E-state index is 0.0107. The summed E-state index contributed by atoms with van der Waals surface area (Å²) >= 11 is 5.81. The Labute approximate surface area is 124 Å². The molecule has 0 radical (unpaired) electrons. The van der Waals surface area contributed by atoms with Gasteiger partial charge in [0.2, 0.25) is 0 Å². The molecule has 1 amide bonds. The van der Waals surface area contributed by atoms with E-state index in [4.69, 9.17) is 11.6 Å². The number of fused-ring (bicyclic) bond motifs is 1. The fraction of sp³-hybridized carbons (Fsp3) is 0.353. The second-order valence-corrected chi connectivity index (χ2v) is 6.06. The van der Waals surface area contributed by atoms with Gasteiger partial charge >= 0.3 is 0 Å². The maximum atomic E-state index is 12.2. The van der Waals surface area contributed by atoms with Crippen molar-refractivity contribution in [1.29, 1.82) is 0 Å². The van der Waals surface area contributed by atoms with E-state index >= 15 is 0 Å². The van der Waals surface area contributed by atoms with Crippen LogP contribution in [0.3, 0.4) is 0 Å². The average Bonchev–Trinajstić information content (AvgIpc) is 3.25. The Bertz CT molecular complexity index is 634. The van der Waals surface area contributed by atoms with E-state index in [9.17, 15) is 4.79 Å². The Morgan fingerprint density at radius 1 is 1.15 bits per heavy atom. The first-order chi connectivity index (χ1) is 9.72. The first-order valence-electron chi connectivity index (χ1n) is 7.05. The SMILES string of the molecule is O=C(NCC1(CCCl)CC1)c1ccc2ccccc2c1. The van der Waals surface area contributed by atoms with Crippen LogP contribution in [-0.2, 0) is 0 Å². The van der Waals surface area contributed by atoms with Gasteiger partial charge in [0.25, 0.3) is 5.91 Å². The lowest BCUT2D eigenvalue weighted by atomic mass is 10.0. The molecule has 0 aromatic heterocycles. The van der Waals surface area contributed by atoms with E-state index in [-0.39, 0.29) is 11.3 Å². The minimum absolute atomic E-state index is 0.0107. The van der Waals surface area contributed by atoms with Crippen LogP contribution in [0.5, 0.6) is 0 Å². The van der Waals surface area contributed by atoms with Crippen molar-refractivity contribution in [3.63, 3.8) is 0 Å². The van der Waals surface area contributed by atoms with Crippen LogP contribution in [0.4, 0.5) is 0 Å². The number of amides is 1. The van der Waals surface area contributed by atoms with E-state index in [0.29, 0.717) is 5.88 Å². The van der Waals surface area contributed by atoms with Gasteiger partial charge in [0.1, 0.15) is 0 Å². The number of benzene rings is 2. The standard InChI is InChI=1S/C17H18ClNO/c18-10-9-17(7-8-17)12-19-16(20)15-6-5-13-3-1-2-4-14(13)11-15/h1-6,11H,7-10,12H2,(H,19,20). The number of carbonyl (C=O) groups excluding carboxylic acids is 1. The molecular formula is C17H18ClNO. The van der Waals surface area contributed by atoms with Crippen molar-refractivity contribution in [1.82, 2.24) is 5.32 Å². The predicted octanol–water partition coefficient (Wildman–Crippen LogP) is 3.98. The number of hydrogen-bond acceptors (Lipinski definition) is 1. The molecule has 0 aliphatic heterocycles. The van der Waals surface area contributed by atoms with Gasteiger partial charge in [-0.15, -0.1) is 11.6 Å². The molecule has 0 bridgehead atoms. The van der Waals surface area contributed by atoms with Crippen molar-refractivity contribution in [2.24, 2.45) is 5.41 Å². The van der Waals surface area contributed by atoms with Crippen molar-refractivity contribution in [3.05, 3.63) is 48.0 Å². The third-order valence-corrected chi connectivity index (χ3v) is 4.41. The van der Waals surface area contributed by atoms with E-state index in [1.807, 2.05) is 36.4 Å². The molecule has 0 saturated heterocycles. The zero-order valence-corrected chi connectivity index (χ0v) is 12.1. The summed E-state index contributed by atoms with van der Waals surface area (Å²) in [7, 11) is 0. The Balaban J connectivity index is 1.69. The summed E-state index contributed by atoms with van der Waals surface area (Å²) in [6.45, 7) is 0.741. The van der Waals surface area contributed by atoms with Crippen LogP contribution in [0, 0.1) is 5.41 Å². The molecule has 0 spiro atoms. The number of rotatable bonds is 5. The highest BCUT2D eigenvalue weighted by atomic mass is 35.5. The van der Waals surface area contributed by atoms with Crippen LogP contribution >= 0.6 is 11.6 Å². The molecule has 20 heavy (non-hydrogen) atoms. The fourth-order valence-corrected chi connectivity index (χ4v) is 2.99. The number of carbonyl (C=O) groups is 1. The quantitative estimate of drug-likeness (QED) is 0.828. The smallest absolute Gasteiger partial charge is 0.251 e. The van der Waals surface area contributed by atoms with Crippen molar-refractivity contribution in [2.45, 2.75) is 19.3 Å². The summed E-state index contributed by atoms with van der Waals surface area (Å²) in [6, 6.07) is 13.9. The molecule has 3 heteroatoms. The Morgan fingerprint density at radius 3 is 2.60 bits per heavy atom. The summed E-state index contributed by atoms with van der Waals surface area (Å²) in [5.74, 6) is 0.683. The molecule has 0 heterocycles. The van der Waals surface area contributed by atoms with Crippen molar-refractivity contribution >= 4 is 28.3 Å². The molecule has 1 aliphatic carbocycles. The van der Waals surface area contributed by atoms with Crippen LogP contribution in [0.1, 0.15) is 29.6 Å². The molecular weight excluding hydrogens is 270 g/mol. The molecule has 2 aromatic rings. The predicted molar refractivity (Wildman–Crippen MR) is 83.3 cm³/mol. The van der Waals surface area contributed by atoms with Crippen LogP contribution in [-0.4, -0.2) is 18.3 Å². The molecule has 1 fully saturated rings. The molecule has 1 aliphatic rings. The topological polar surface area (TPSA) is 29.1 Å². The minimum Gasteiger partial charge on any atom is -0.351 e. The zero-order chi connectivity index (χ0) is 14.0. The second kappa shape index (κ2) is 5.45. The van der Waals surface area contributed by atoms with Gasteiger partial charge in [0.05, 0.1) is 0 Å². The maximum absolute atomic E-state index is 12.2. The summed E-state index contributed by atoms with van der Waals surface area (Å²) < 4.78 is 0. The molecule has 3 rings (SSSR count). The van der Waals surface area contributed by atoms with Gasteiger partial charge in [0.15, 0.2) is 0 Å². The van der Waals surface area contributed by atoms with Crippen molar-refractivity contribution in [2.75, 3.05) is 12.4 Å². The maximum Gasteiger partial charge on any atom is 0.251 e. The highest BCUT2D eigenvalue weighted by Gasteiger charge is 2.41. The monoisotopic (exact) mass is 287 g/mol. The average molecular weight is 288 g/mol. The molecule has 1 N–H and O–H groups in total. The molecule has 2 aromatic carbocycles. The third-order valence-electron chi connectivity index (χ3n) is 4.22. The van der Waals surface area contributed by atoms with E-state index in [2.05, 4.69) is 11.4 Å². The Hall–Kier alpha value is -1.54. The second-order valence-electron chi connectivity index (χ2n) is 5.68. The highest BCUT2D eigenvalue weighted by molar-refractivity contribution is 6.17. The van der Waals surface area contributed by atoms with Gasteiger partial charge in [-0.25, -0.2) is 0 Å². The lowest BCUT2D eigenvalue weighted by Gasteiger charge is -2.14. The summed E-state index contributed by atoms with van der Waals surface area (Å²) in [5.41, 5.74) is 0.999. The zero-order valence-electron chi connectivity index (χ0n) is 11.4. The lowest BCUT2D eigenvalue weighted by molar-refractivity contribution is 0.0944. The van der Waals surface area contributed by atoms with Gasteiger partial charge < -0.3 is 5.32 Å². The Morgan fingerprint density at radius 2 is 1.90 bits per heavy atom. The van der Waals surface area contributed by atoms with Gasteiger partial charge in [-0.1, -0.05) is 30.3 Å². The van der Waals surface area contributed by atoms with Gasteiger partial charge in [0, 0.05) is 18.0 Å². The highest BCUT2D eigenvalue weighted by Crippen LogP contribution is 2.48. The van der Waals surface area contributed by atoms with E-state index in [0.717, 1.165) is 29.3 Å². The van der Waals surface area contributed by atoms with Gasteiger partial charge in [-0.3, -0.25) is 4.79 Å². The van der Waals surface area contributed by atoms with Gasteiger partial charge in [-0.2, -0.15) is 0 Å². The molecule has 0 unspecified atom stereocenters. The number of hydrogen-bond donors (Lipinski definition) is 1. The van der Waals surface area contributed by atoms with Crippen molar-refractivity contribution < 1.29 is 4.79 Å². The number of halogens is 1. The Kier molecular flexibility index (Phi) is 3.66. The normalized spacial score (nSPS) is 16.1. The summed E-state index contributed by atoms with van der Waals surface area (Å²) in [5, 5.41) is 5.31. The fourth-order valence-electron chi connectivity index (χ4n) is 2.59. The van der Waals surface area contributed by atoms with Crippen LogP contribution in [0.25, 0.3) is 10.8 Å². The first-order valence-corrected chi connectivity index (χ1v) is 7.59. The van der Waals surface area contributed by atoms with Crippen LogP contribution in [0.15, 0.2) is 42.5 Å². The lowest BCUT2D eigenvalue weighted by Crippen LogP contribution is -2.30. The molecule has 2 nitrogen and oxygen atoms in total. The van der Waals surface area contributed by atoms with E-state index in [1.54, 1.807) is 0 Å².